The number of urea groups is 1. The largest absolute Gasteiger partial charge is 0.376 e. The zero-order chi connectivity index (χ0) is 20.0. The molecule has 2 aromatic rings. The number of hydrogen-bond donors (Lipinski definition) is 1. The van der Waals surface area contributed by atoms with Crippen molar-refractivity contribution in [1.29, 1.82) is 0 Å². The fourth-order valence-electron chi connectivity index (χ4n) is 3.48. The predicted octanol–water partition coefficient (Wildman–Crippen LogP) is 5.44. The zero-order valence-electron chi connectivity index (χ0n) is 17.3. The summed E-state index contributed by atoms with van der Waals surface area (Å²) >= 11 is 0. The maximum Gasteiger partial charge on any atom is 0.321 e. The molecule has 0 atom stereocenters. The topological polar surface area (TPSA) is 41.6 Å². The van der Waals surface area contributed by atoms with E-state index in [1.807, 2.05) is 35.2 Å². The van der Waals surface area contributed by atoms with Crippen LogP contribution in [0.1, 0.15) is 44.7 Å². The number of carbonyl (C=O) groups is 1. The average Bonchev–Trinajstić information content (AvgIpc) is 2.69. The Morgan fingerprint density at radius 2 is 1.68 bits per heavy atom. The molecule has 150 valence electrons. The van der Waals surface area contributed by atoms with Crippen molar-refractivity contribution in [3.63, 3.8) is 0 Å². The molecule has 2 aromatic carbocycles. The molecule has 0 aromatic heterocycles. The highest BCUT2D eigenvalue weighted by molar-refractivity contribution is 5.89. The Morgan fingerprint density at radius 3 is 2.29 bits per heavy atom. The number of benzene rings is 2. The van der Waals surface area contributed by atoms with Crippen molar-refractivity contribution >= 4 is 11.7 Å². The lowest BCUT2D eigenvalue weighted by Gasteiger charge is -2.32. The summed E-state index contributed by atoms with van der Waals surface area (Å²) in [5.74, 6) is 0.527. The maximum absolute atomic E-state index is 12.5. The lowest BCUT2D eigenvalue weighted by molar-refractivity contribution is 0.0640. The van der Waals surface area contributed by atoms with Gasteiger partial charge in [-0.15, -0.1) is 0 Å². The van der Waals surface area contributed by atoms with E-state index in [0.29, 0.717) is 12.5 Å². The van der Waals surface area contributed by atoms with E-state index >= 15 is 0 Å². The van der Waals surface area contributed by atoms with E-state index in [9.17, 15) is 4.79 Å². The number of piperidine rings is 1. The van der Waals surface area contributed by atoms with Crippen molar-refractivity contribution in [3.8, 4) is 0 Å². The molecule has 3 rings (SSSR count). The number of nitrogens with one attached hydrogen (secondary N) is 1. The Morgan fingerprint density at radius 1 is 1.04 bits per heavy atom. The fraction of sp³-hybridized carbons (Fsp3) is 0.458. The fourth-order valence-corrected chi connectivity index (χ4v) is 3.48. The van der Waals surface area contributed by atoms with E-state index in [2.05, 4.69) is 50.4 Å². The quantitative estimate of drug-likeness (QED) is 0.750. The van der Waals surface area contributed by atoms with Crippen molar-refractivity contribution in [2.75, 3.05) is 25.0 Å². The molecule has 1 heterocycles. The van der Waals surface area contributed by atoms with Gasteiger partial charge in [-0.3, -0.25) is 0 Å². The van der Waals surface area contributed by atoms with Crippen LogP contribution in [-0.4, -0.2) is 30.6 Å². The molecule has 0 bridgehead atoms. The second kappa shape index (κ2) is 9.24. The lowest BCUT2D eigenvalue weighted by Crippen LogP contribution is -2.41. The Hall–Kier alpha value is -2.33. The van der Waals surface area contributed by atoms with Crippen LogP contribution in [0.25, 0.3) is 0 Å². The van der Waals surface area contributed by atoms with Crippen molar-refractivity contribution in [1.82, 2.24) is 4.90 Å². The third kappa shape index (κ3) is 5.83. The van der Waals surface area contributed by atoms with E-state index in [1.165, 1.54) is 11.1 Å². The minimum atomic E-state index is -0.00726. The van der Waals surface area contributed by atoms with Crippen molar-refractivity contribution < 1.29 is 9.53 Å². The number of likely N-dealkylation sites (tertiary alicyclic amines) is 1. The van der Waals surface area contributed by atoms with E-state index in [0.717, 1.165) is 38.2 Å². The zero-order valence-corrected chi connectivity index (χ0v) is 17.3. The monoisotopic (exact) mass is 380 g/mol. The SMILES string of the molecule is CC(C)(C)c1ccc(NC(=O)N2CCC(COCc3ccccc3)CC2)cc1. The van der Waals surface area contributed by atoms with Gasteiger partial charge < -0.3 is 15.0 Å². The van der Waals surface area contributed by atoms with Crippen LogP contribution in [0.3, 0.4) is 0 Å². The third-order valence-corrected chi connectivity index (χ3v) is 5.37. The summed E-state index contributed by atoms with van der Waals surface area (Å²) in [4.78, 5) is 14.4. The number of hydrogen-bond acceptors (Lipinski definition) is 2. The third-order valence-electron chi connectivity index (χ3n) is 5.37. The molecule has 1 aliphatic heterocycles. The molecule has 4 heteroatoms. The Balaban J connectivity index is 1.40. The molecule has 1 aliphatic rings. The summed E-state index contributed by atoms with van der Waals surface area (Å²) in [6, 6.07) is 18.4. The molecular weight excluding hydrogens is 348 g/mol. The summed E-state index contributed by atoms with van der Waals surface area (Å²) in [6.07, 6.45) is 1.98. The van der Waals surface area contributed by atoms with Gasteiger partial charge in [-0.05, 0) is 47.4 Å². The summed E-state index contributed by atoms with van der Waals surface area (Å²) in [5.41, 5.74) is 3.44. The van der Waals surface area contributed by atoms with Gasteiger partial charge >= 0.3 is 6.03 Å². The normalized spacial score (nSPS) is 15.5. The van der Waals surface area contributed by atoms with Gasteiger partial charge in [0.05, 0.1) is 6.61 Å². The Bertz CT molecular complexity index is 742. The highest BCUT2D eigenvalue weighted by atomic mass is 16.5. The molecule has 28 heavy (non-hydrogen) atoms. The van der Waals surface area contributed by atoms with Crippen LogP contribution in [0.2, 0.25) is 0 Å². The second-order valence-electron chi connectivity index (χ2n) is 8.69. The standard InChI is InChI=1S/C24H32N2O2/c1-24(2,3)21-9-11-22(12-10-21)25-23(27)26-15-13-20(14-16-26)18-28-17-19-7-5-4-6-8-19/h4-12,20H,13-18H2,1-3H3,(H,25,27). The summed E-state index contributed by atoms with van der Waals surface area (Å²) in [5, 5.41) is 3.03. The predicted molar refractivity (Wildman–Crippen MR) is 115 cm³/mol. The number of carbonyl (C=O) groups excluding carboxylic acids is 1. The maximum atomic E-state index is 12.5. The first-order chi connectivity index (χ1) is 13.4. The average molecular weight is 381 g/mol. The van der Waals surface area contributed by atoms with Crippen LogP contribution in [0.15, 0.2) is 54.6 Å². The van der Waals surface area contributed by atoms with Crippen LogP contribution in [0, 0.1) is 5.92 Å². The molecule has 1 fully saturated rings. The molecule has 1 N–H and O–H groups in total. The Kier molecular flexibility index (Phi) is 6.74. The van der Waals surface area contributed by atoms with Crippen LogP contribution in [0.4, 0.5) is 10.5 Å². The van der Waals surface area contributed by atoms with E-state index in [1.54, 1.807) is 0 Å². The van der Waals surface area contributed by atoms with Crippen LogP contribution in [0.5, 0.6) is 0 Å². The van der Waals surface area contributed by atoms with Gasteiger partial charge in [0.2, 0.25) is 0 Å². The summed E-state index contributed by atoms with van der Waals surface area (Å²) < 4.78 is 5.87. The lowest BCUT2D eigenvalue weighted by atomic mass is 9.87. The van der Waals surface area contributed by atoms with E-state index < -0.39 is 0 Å². The first-order valence-corrected chi connectivity index (χ1v) is 10.2. The van der Waals surface area contributed by atoms with Gasteiger partial charge in [0.25, 0.3) is 0 Å². The summed E-state index contributed by atoms with van der Waals surface area (Å²) in [7, 11) is 0. The second-order valence-corrected chi connectivity index (χ2v) is 8.69. The number of anilines is 1. The number of rotatable bonds is 5. The van der Waals surface area contributed by atoms with Crippen molar-refractivity contribution in [2.24, 2.45) is 5.92 Å². The van der Waals surface area contributed by atoms with Crippen molar-refractivity contribution in [2.45, 2.75) is 45.6 Å². The Labute approximate surface area is 168 Å². The highest BCUT2D eigenvalue weighted by Gasteiger charge is 2.23. The number of nitrogens with zero attached hydrogens (tertiary/aromatic N) is 1. The van der Waals surface area contributed by atoms with Crippen LogP contribution >= 0.6 is 0 Å². The number of ether oxygens (including phenoxy) is 1. The molecule has 0 aliphatic carbocycles. The molecule has 0 spiro atoms. The molecule has 1 saturated heterocycles. The van der Waals surface area contributed by atoms with E-state index in [-0.39, 0.29) is 11.4 Å². The van der Waals surface area contributed by atoms with Gasteiger partial charge in [-0.1, -0.05) is 63.2 Å². The molecule has 2 amide bonds. The van der Waals surface area contributed by atoms with Crippen LogP contribution in [-0.2, 0) is 16.8 Å². The van der Waals surface area contributed by atoms with Gasteiger partial charge in [-0.2, -0.15) is 0 Å². The van der Waals surface area contributed by atoms with Crippen molar-refractivity contribution in [3.05, 3.63) is 65.7 Å². The minimum Gasteiger partial charge on any atom is -0.376 e. The molecule has 4 nitrogen and oxygen atoms in total. The van der Waals surface area contributed by atoms with Gasteiger partial charge in [-0.25, -0.2) is 4.79 Å². The molecule has 0 saturated carbocycles. The highest BCUT2D eigenvalue weighted by Crippen LogP contribution is 2.24. The van der Waals surface area contributed by atoms with Gasteiger partial charge in [0.15, 0.2) is 0 Å². The number of amides is 2. The molecule has 0 radical (unpaired) electrons. The first kappa shape index (κ1) is 20.4. The van der Waals surface area contributed by atoms with Gasteiger partial charge in [0, 0.05) is 25.4 Å². The smallest absolute Gasteiger partial charge is 0.321 e. The summed E-state index contributed by atoms with van der Waals surface area (Å²) in [6.45, 7) is 9.55. The molecule has 0 unspecified atom stereocenters. The van der Waals surface area contributed by atoms with Crippen LogP contribution < -0.4 is 5.32 Å². The minimum absolute atomic E-state index is 0.00726. The first-order valence-electron chi connectivity index (χ1n) is 10.2. The van der Waals surface area contributed by atoms with Gasteiger partial charge in [0.1, 0.15) is 0 Å². The molecular formula is C24H32N2O2. The van der Waals surface area contributed by atoms with E-state index in [4.69, 9.17) is 4.74 Å².